The van der Waals surface area contributed by atoms with Gasteiger partial charge in [0, 0.05) is 36.8 Å². The molecule has 4 aromatic heterocycles. The molecule has 6 rings (SSSR count). The third kappa shape index (κ3) is 4.43. The Bertz CT molecular complexity index is 1550. The molecule has 1 aromatic carbocycles. The van der Waals surface area contributed by atoms with Gasteiger partial charge in [-0.05, 0) is 18.9 Å². The summed E-state index contributed by atoms with van der Waals surface area (Å²) in [6.07, 6.45) is 7.48. The molecule has 1 aliphatic carbocycles. The number of imidazole rings is 1. The van der Waals surface area contributed by atoms with Crippen LogP contribution in [0.4, 0.5) is 5.82 Å². The topological polar surface area (TPSA) is 156 Å². The number of fused-ring (bicyclic) bond motifs is 1. The molecule has 12 heteroatoms. The van der Waals surface area contributed by atoms with Crippen molar-refractivity contribution in [2.24, 2.45) is 0 Å². The van der Waals surface area contributed by atoms with Gasteiger partial charge in [0.05, 0.1) is 17.5 Å². The molecular weight excluding hydrogens is 462 g/mol. The summed E-state index contributed by atoms with van der Waals surface area (Å²) < 4.78 is 6.98. The number of carbonyl (C=O) groups is 2. The van der Waals surface area contributed by atoms with Crippen LogP contribution in [-0.2, 0) is 6.42 Å². The summed E-state index contributed by atoms with van der Waals surface area (Å²) in [7, 11) is 0. The fourth-order valence-electron chi connectivity index (χ4n) is 3.76. The lowest BCUT2D eigenvalue weighted by atomic mass is 10.2. The number of rotatable bonds is 8. The summed E-state index contributed by atoms with van der Waals surface area (Å²) in [6, 6.07) is 11.4. The molecule has 0 unspecified atom stereocenters. The van der Waals surface area contributed by atoms with Crippen LogP contribution in [0.2, 0.25) is 0 Å². The first-order chi connectivity index (χ1) is 17.6. The molecule has 1 aliphatic rings. The van der Waals surface area contributed by atoms with Crippen molar-refractivity contribution in [2.75, 3.05) is 11.9 Å². The van der Waals surface area contributed by atoms with Crippen molar-refractivity contribution in [1.29, 1.82) is 0 Å². The number of nitrogens with one attached hydrogen (secondary N) is 3. The third-order valence-electron chi connectivity index (χ3n) is 5.80. The zero-order valence-electron chi connectivity index (χ0n) is 19.0. The molecule has 5 aromatic rings. The first-order valence-electron chi connectivity index (χ1n) is 11.5. The summed E-state index contributed by atoms with van der Waals surface area (Å²) in [5.74, 6) is 1.33. The Morgan fingerprint density at radius 3 is 2.78 bits per heavy atom. The average Bonchev–Trinajstić information content (AvgIpc) is 3.28. The SMILES string of the molecule is O=C(NCCc1nc(C2CC2)no1)c1cn[nH]c1C(=O)Nc1ccn2cc(-c3ccccc3)nc2n1. The van der Waals surface area contributed by atoms with Crippen molar-refractivity contribution in [3.05, 3.63) is 78.0 Å². The number of amides is 2. The number of H-pyrrole nitrogens is 1. The maximum atomic E-state index is 12.9. The number of hydrogen-bond donors (Lipinski definition) is 3. The highest BCUT2D eigenvalue weighted by Gasteiger charge is 2.28. The fraction of sp³-hybridized carbons (Fsp3) is 0.208. The zero-order chi connectivity index (χ0) is 24.5. The molecule has 0 radical (unpaired) electrons. The number of aromatic amines is 1. The van der Waals surface area contributed by atoms with Gasteiger partial charge in [-0.2, -0.15) is 15.1 Å². The highest BCUT2D eigenvalue weighted by atomic mass is 16.5. The maximum absolute atomic E-state index is 12.9. The van der Waals surface area contributed by atoms with Gasteiger partial charge in [-0.3, -0.25) is 19.1 Å². The van der Waals surface area contributed by atoms with Gasteiger partial charge in [0.1, 0.15) is 11.5 Å². The summed E-state index contributed by atoms with van der Waals surface area (Å²) in [4.78, 5) is 38.8. The van der Waals surface area contributed by atoms with E-state index in [1.165, 1.54) is 6.20 Å². The predicted molar refractivity (Wildman–Crippen MR) is 127 cm³/mol. The van der Waals surface area contributed by atoms with Crippen LogP contribution in [0.3, 0.4) is 0 Å². The second kappa shape index (κ2) is 9.06. The number of benzene rings is 1. The maximum Gasteiger partial charge on any atom is 0.275 e. The Morgan fingerprint density at radius 1 is 1.08 bits per heavy atom. The Morgan fingerprint density at radius 2 is 1.94 bits per heavy atom. The van der Waals surface area contributed by atoms with Crippen LogP contribution in [0.1, 0.15) is 51.3 Å². The van der Waals surface area contributed by atoms with E-state index in [9.17, 15) is 9.59 Å². The first-order valence-corrected chi connectivity index (χ1v) is 11.5. The van der Waals surface area contributed by atoms with Gasteiger partial charge < -0.3 is 15.2 Å². The lowest BCUT2D eigenvalue weighted by Gasteiger charge is -2.06. The molecule has 180 valence electrons. The van der Waals surface area contributed by atoms with Crippen molar-refractivity contribution >= 4 is 23.4 Å². The van der Waals surface area contributed by atoms with Crippen LogP contribution in [0.5, 0.6) is 0 Å². The molecule has 1 saturated carbocycles. The number of aromatic nitrogens is 7. The van der Waals surface area contributed by atoms with Crippen LogP contribution in [0.25, 0.3) is 17.0 Å². The third-order valence-corrected chi connectivity index (χ3v) is 5.80. The minimum absolute atomic E-state index is 0.0244. The average molecular weight is 483 g/mol. The molecular formula is C24H21N9O3. The lowest BCUT2D eigenvalue weighted by molar-refractivity contribution is 0.0939. The van der Waals surface area contributed by atoms with Gasteiger partial charge in [0.15, 0.2) is 5.82 Å². The molecule has 0 atom stereocenters. The van der Waals surface area contributed by atoms with E-state index >= 15 is 0 Å². The van der Waals surface area contributed by atoms with E-state index in [0.29, 0.717) is 29.8 Å². The second-order valence-corrected chi connectivity index (χ2v) is 8.45. The zero-order valence-corrected chi connectivity index (χ0v) is 19.0. The Hall–Kier alpha value is -4.87. The molecule has 12 nitrogen and oxygen atoms in total. The molecule has 0 aliphatic heterocycles. The van der Waals surface area contributed by atoms with Gasteiger partial charge in [-0.15, -0.1) is 0 Å². The molecule has 36 heavy (non-hydrogen) atoms. The normalized spacial score (nSPS) is 13.1. The first kappa shape index (κ1) is 21.6. The largest absolute Gasteiger partial charge is 0.351 e. The van der Waals surface area contributed by atoms with E-state index in [2.05, 4.69) is 40.9 Å². The molecule has 0 saturated heterocycles. The highest BCUT2D eigenvalue weighted by molar-refractivity contribution is 6.10. The summed E-state index contributed by atoms with van der Waals surface area (Å²) in [5.41, 5.74) is 1.87. The molecule has 4 heterocycles. The van der Waals surface area contributed by atoms with E-state index in [0.717, 1.165) is 29.9 Å². The Labute approximate surface area is 204 Å². The van der Waals surface area contributed by atoms with Gasteiger partial charge in [0.2, 0.25) is 11.7 Å². The van der Waals surface area contributed by atoms with Crippen LogP contribution in [0, 0.1) is 0 Å². The molecule has 2 amide bonds. The van der Waals surface area contributed by atoms with Crippen molar-refractivity contribution in [3.63, 3.8) is 0 Å². The van der Waals surface area contributed by atoms with Crippen molar-refractivity contribution in [3.8, 4) is 11.3 Å². The Kier molecular flexibility index (Phi) is 5.45. The smallest absolute Gasteiger partial charge is 0.275 e. The molecule has 1 fully saturated rings. The summed E-state index contributed by atoms with van der Waals surface area (Å²) in [5, 5.41) is 15.9. The molecule has 0 spiro atoms. The molecule has 3 N–H and O–H groups in total. The van der Waals surface area contributed by atoms with E-state index < -0.39 is 11.8 Å². The molecule has 0 bridgehead atoms. The van der Waals surface area contributed by atoms with Crippen LogP contribution in [-0.4, -0.2) is 53.1 Å². The number of anilines is 1. The van der Waals surface area contributed by atoms with Gasteiger partial charge in [0.25, 0.3) is 11.8 Å². The second-order valence-electron chi connectivity index (χ2n) is 8.45. The van der Waals surface area contributed by atoms with E-state index in [1.807, 2.05) is 36.5 Å². The number of hydrogen-bond acceptors (Lipinski definition) is 8. The quantitative estimate of drug-likeness (QED) is 0.304. The summed E-state index contributed by atoms with van der Waals surface area (Å²) >= 11 is 0. The minimum atomic E-state index is -0.546. The number of carbonyl (C=O) groups excluding carboxylic acids is 2. The van der Waals surface area contributed by atoms with Crippen molar-refractivity contribution in [1.82, 2.24) is 40.0 Å². The van der Waals surface area contributed by atoms with Gasteiger partial charge in [-0.1, -0.05) is 35.5 Å². The lowest BCUT2D eigenvalue weighted by Crippen LogP contribution is -2.28. The van der Waals surface area contributed by atoms with Crippen molar-refractivity contribution in [2.45, 2.75) is 25.2 Å². The van der Waals surface area contributed by atoms with E-state index in [-0.39, 0.29) is 17.8 Å². The van der Waals surface area contributed by atoms with Crippen molar-refractivity contribution < 1.29 is 14.1 Å². The van der Waals surface area contributed by atoms with E-state index in [1.54, 1.807) is 16.7 Å². The number of nitrogens with zero attached hydrogens (tertiary/aromatic N) is 6. The van der Waals surface area contributed by atoms with Gasteiger partial charge in [-0.25, -0.2) is 4.98 Å². The standard InChI is InChI=1S/C24H21N9O3/c34-22(25-10-8-19-30-21(32-36-19)15-6-7-15)16-12-26-31-20(16)23(35)28-18-9-11-33-13-17(27-24(33)29-18)14-4-2-1-3-5-14/h1-5,9,11-13,15H,6-8,10H2,(H,25,34)(H,26,31)(H,27,28,29,35). The Balaban J connectivity index is 1.10. The highest BCUT2D eigenvalue weighted by Crippen LogP contribution is 2.38. The monoisotopic (exact) mass is 483 g/mol. The van der Waals surface area contributed by atoms with Crippen LogP contribution in [0.15, 0.2) is 59.5 Å². The van der Waals surface area contributed by atoms with Crippen LogP contribution >= 0.6 is 0 Å². The predicted octanol–water partition coefficient (Wildman–Crippen LogP) is 2.60. The van der Waals surface area contributed by atoms with Gasteiger partial charge >= 0.3 is 0 Å². The summed E-state index contributed by atoms with van der Waals surface area (Å²) in [6.45, 7) is 0.277. The van der Waals surface area contributed by atoms with E-state index in [4.69, 9.17) is 4.52 Å². The van der Waals surface area contributed by atoms with Crippen LogP contribution < -0.4 is 10.6 Å². The minimum Gasteiger partial charge on any atom is -0.351 e. The fourth-order valence-corrected chi connectivity index (χ4v) is 3.76.